The Morgan fingerprint density at radius 2 is 1.86 bits per heavy atom. The summed E-state index contributed by atoms with van der Waals surface area (Å²) in [5.41, 5.74) is 5.78. The van der Waals surface area contributed by atoms with Crippen molar-refractivity contribution in [2.45, 2.75) is 25.7 Å². The van der Waals surface area contributed by atoms with Gasteiger partial charge in [0.05, 0.1) is 6.54 Å². The number of benzene rings is 1. The Hall–Kier alpha value is -0.960. The lowest BCUT2D eigenvalue weighted by Crippen LogP contribution is -2.26. The Morgan fingerprint density at radius 3 is 2.36 bits per heavy atom. The second-order valence-electron chi connectivity index (χ2n) is 3.65. The molecule has 0 spiro atoms. The molecule has 1 rings (SSSR count). The monoisotopic (exact) mass is 199 g/mol. The molecular weight excluding hydrogens is 184 g/mol. The van der Waals surface area contributed by atoms with Crippen molar-refractivity contribution < 1.29 is 8.78 Å². The van der Waals surface area contributed by atoms with Gasteiger partial charge in [0.2, 0.25) is 0 Å². The standard InChI is InChI=1S/C11H15F2N/c1-8(2)9-5-3-4-6-10(9)11(12,13)7-14/h3-6,8H,7,14H2,1-2H3. The summed E-state index contributed by atoms with van der Waals surface area (Å²) in [6, 6.07) is 6.56. The first kappa shape index (κ1) is 11.1. The highest BCUT2D eigenvalue weighted by Crippen LogP contribution is 2.32. The van der Waals surface area contributed by atoms with Crippen LogP contribution in [0.25, 0.3) is 0 Å². The molecule has 14 heavy (non-hydrogen) atoms. The van der Waals surface area contributed by atoms with Crippen molar-refractivity contribution >= 4 is 0 Å². The van der Waals surface area contributed by atoms with Gasteiger partial charge < -0.3 is 5.73 Å². The van der Waals surface area contributed by atoms with Crippen LogP contribution in [-0.2, 0) is 5.92 Å². The van der Waals surface area contributed by atoms with Gasteiger partial charge in [0.25, 0.3) is 5.92 Å². The number of nitrogens with two attached hydrogens (primary N) is 1. The van der Waals surface area contributed by atoms with Gasteiger partial charge in [0, 0.05) is 5.56 Å². The van der Waals surface area contributed by atoms with Crippen LogP contribution in [0.5, 0.6) is 0 Å². The molecule has 1 aromatic carbocycles. The lowest BCUT2D eigenvalue weighted by Gasteiger charge is -2.20. The molecule has 0 aromatic heterocycles. The minimum Gasteiger partial charge on any atom is -0.325 e. The summed E-state index contributed by atoms with van der Waals surface area (Å²) in [7, 11) is 0. The molecule has 78 valence electrons. The largest absolute Gasteiger partial charge is 0.325 e. The topological polar surface area (TPSA) is 26.0 Å². The van der Waals surface area contributed by atoms with Crippen LogP contribution in [0.3, 0.4) is 0 Å². The Morgan fingerprint density at radius 1 is 1.29 bits per heavy atom. The Kier molecular flexibility index (Phi) is 3.21. The van der Waals surface area contributed by atoms with Gasteiger partial charge in [-0.2, -0.15) is 8.78 Å². The molecule has 0 fully saturated rings. The molecule has 0 unspecified atom stereocenters. The van der Waals surface area contributed by atoms with Crippen molar-refractivity contribution in [3.05, 3.63) is 35.4 Å². The van der Waals surface area contributed by atoms with Crippen LogP contribution in [0.15, 0.2) is 24.3 Å². The Bertz CT molecular complexity index is 308. The number of alkyl halides is 2. The van der Waals surface area contributed by atoms with E-state index < -0.39 is 12.5 Å². The zero-order valence-electron chi connectivity index (χ0n) is 8.43. The van der Waals surface area contributed by atoms with Crippen molar-refractivity contribution in [3.8, 4) is 0 Å². The first-order valence-corrected chi connectivity index (χ1v) is 4.66. The van der Waals surface area contributed by atoms with Crippen LogP contribution in [0.1, 0.15) is 30.9 Å². The van der Waals surface area contributed by atoms with Crippen molar-refractivity contribution in [1.29, 1.82) is 0 Å². The maximum Gasteiger partial charge on any atom is 0.285 e. The quantitative estimate of drug-likeness (QED) is 0.795. The van der Waals surface area contributed by atoms with Crippen LogP contribution in [0.4, 0.5) is 8.78 Å². The molecule has 1 nitrogen and oxygen atoms in total. The van der Waals surface area contributed by atoms with E-state index in [4.69, 9.17) is 5.73 Å². The lowest BCUT2D eigenvalue weighted by molar-refractivity contribution is 0.00483. The first-order chi connectivity index (χ1) is 6.49. The van der Waals surface area contributed by atoms with E-state index in [-0.39, 0.29) is 11.5 Å². The zero-order valence-corrected chi connectivity index (χ0v) is 8.43. The zero-order chi connectivity index (χ0) is 10.8. The minimum absolute atomic E-state index is 0.0532. The SMILES string of the molecule is CC(C)c1ccccc1C(F)(F)CN. The van der Waals surface area contributed by atoms with Crippen molar-refractivity contribution in [2.24, 2.45) is 5.73 Å². The van der Waals surface area contributed by atoms with Crippen molar-refractivity contribution in [1.82, 2.24) is 0 Å². The second kappa shape index (κ2) is 4.05. The van der Waals surface area contributed by atoms with Crippen LogP contribution in [0.2, 0.25) is 0 Å². The van der Waals surface area contributed by atoms with E-state index in [1.807, 2.05) is 13.8 Å². The molecule has 0 heterocycles. The number of hydrogen-bond acceptors (Lipinski definition) is 1. The predicted molar refractivity (Wildman–Crippen MR) is 53.5 cm³/mol. The van der Waals surface area contributed by atoms with E-state index in [9.17, 15) is 8.78 Å². The fourth-order valence-corrected chi connectivity index (χ4v) is 1.44. The molecule has 0 radical (unpaired) electrons. The molecule has 0 atom stereocenters. The fourth-order valence-electron chi connectivity index (χ4n) is 1.44. The van der Waals surface area contributed by atoms with Gasteiger partial charge in [-0.05, 0) is 11.5 Å². The average Bonchev–Trinajstić information content (AvgIpc) is 2.18. The van der Waals surface area contributed by atoms with Gasteiger partial charge in [0.1, 0.15) is 0 Å². The third-order valence-electron chi connectivity index (χ3n) is 2.23. The van der Waals surface area contributed by atoms with Gasteiger partial charge in [-0.3, -0.25) is 0 Å². The maximum absolute atomic E-state index is 13.4. The highest BCUT2D eigenvalue weighted by molar-refractivity contribution is 5.33. The molecule has 1 aromatic rings. The number of hydrogen-bond donors (Lipinski definition) is 1. The molecule has 0 saturated heterocycles. The Balaban J connectivity index is 3.20. The maximum atomic E-state index is 13.4. The molecule has 0 bridgehead atoms. The fraction of sp³-hybridized carbons (Fsp3) is 0.455. The normalized spacial score (nSPS) is 12.1. The molecule has 0 amide bonds. The number of halogens is 2. The molecule has 3 heteroatoms. The average molecular weight is 199 g/mol. The van der Waals surface area contributed by atoms with Crippen LogP contribution < -0.4 is 5.73 Å². The van der Waals surface area contributed by atoms with E-state index in [2.05, 4.69) is 0 Å². The summed E-state index contributed by atoms with van der Waals surface area (Å²) in [6.07, 6.45) is 0. The summed E-state index contributed by atoms with van der Waals surface area (Å²) in [5.74, 6) is -2.83. The highest BCUT2D eigenvalue weighted by Gasteiger charge is 2.32. The molecule has 0 saturated carbocycles. The molecule has 0 aliphatic rings. The first-order valence-electron chi connectivity index (χ1n) is 4.66. The van der Waals surface area contributed by atoms with Crippen LogP contribution in [-0.4, -0.2) is 6.54 Å². The van der Waals surface area contributed by atoms with E-state index in [0.29, 0.717) is 5.56 Å². The van der Waals surface area contributed by atoms with Gasteiger partial charge in [-0.15, -0.1) is 0 Å². The third-order valence-corrected chi connectivity index (χ3v) is 2.23. The predicted octanol–water partition coefficient (Wildman–Crippen LogP) is 2.86. The summed E-state index contributed by atoms with van der Waals surface area (Å²) in [5, 5.41) is 0. The lowest BCUT2D eigenvalue weighted by atomic mass is 9.93. The molecular formula is C11H15F2N. The van der Waals surface area contributed by atoms with E-state index in [1.54, 1.807) is 18.2 Å². The summed E-state index contributed by atoms with van der Waals surface area (Å²) < 4.78 is 26.8. The van der Waals surface area contributed by atoms with Gasteiger partial charge in [-0.1, -0.05) is 38.1 Å². The van der Waals surface area contributed by atoms with Crippen molar-refractivity contribution in [2.75, 3.05) is 6.54 Å². The molecule has 0 aliphatic carbocycles. The Labute approximate surface area is 82.9 Å². The van der Waals surface area contributed by atoms with Gasteiger partial charge in [0.15, 0.2) is 0 Å². The molecule has 2 N–H and O–H groups in total. The smallest absolute Gasteiger partial charge is 0.285 e. The number of rotatable bonds is 3. The summed E-state index contributed by atoms with van der Waals surface area (Å²) in [4.78, 5) is 0. The van der Waals surface area contributed by atoms with Crippen molar-refractivity contribution in [3.63, 3.8) is 0 Å². The van der Waals surface area contributed by atoms with Gasteiger partial charge >= 0.3 is 0 Å². The van der Waals surface area contributed by atoms with E-state index >= 15 is 0 Å². The van der Waals surface area contributed by atoms with Crippen LogP contribution >= 0.6 is 0 Å². The summed E-state index contributed by atoms with van der Waals surface area (Å²) >= 11 is 0. The second-order valence-corrected chi connectivity index (χ2v) is 3.65. The third kappa shape index (κ3) is 2.10. The van der Waals surface area contributed by atoms with Crippen LogP contribution in [0, 0.1) is 0 Å². The minimum atomic E-state index is -2.92. The van der Waals surface area contributed by atoms with E-state index in [0.717, 1.165) is 0 Å². The van der Waals surface area contributed by atoms with E-state index in [1.165, 1.54) is 6.07 Å². The highest BCUT2D eigenvalue weighted by atomic mass is 19.3. The molecule has 0 aliphatic heterocycles. The summed E-state index contributed by atoms with van der Waals surface area (Å²) in [6.45, 7) is 3.15. The van der Waals surface area contributed by atoms with Gasteiger partial charge in [-0.25, -0.2) is 0 Å².